The van der Waals surface area contributed by atoms with E-state index in [2.05, 4.69) is 9.47 Å². The minimum Gasteiger partial charge on any atom is -0.495 e. The molecule has 0 amide bonds. The summed E-state index contributed by atoms with van der Waals surface area (Å²) in [6.45, 7) is 0.663. The maximum Gasteiger partial charge on any atom is 0.344 e. The van der Waals surface area contributed by atoms with E-state index in [0.717, 1.165) is 6.08 Å². The fourth-order valence-electron chi connectivity index (χ4n) is 2.33. The standard InChI is InChI=1S/C17H21NO8S/c1-23-14-5-3-13(4-6-16(19)26-12-17(20)24-2)11-15(14)27(21,22)18-7-9-25-10-8-18/h3-6,11H,7-10,12H2,1-2H3/b6-4-. The molecule has 1 aliphatic heterocycles. The van der Waals surface area contributed by atoms with Gasteiger partial charge in [-0.1, -0.05) is 6.07 Å². The molecular formula is C17H21NO8S. The third-order valence-electron chi connectivity index (χ3n) is 3.75. The normalized spacial score (nSPS) is 15.5. The number of hydrogen-bond donors (Lipinski definition) is 0. The zero-order valence-electron chi connectivity index (χ0n) is 15.0. The van der Waals surface area contributed by atoms with Crippen molar-refractivity contribution in [2.75, 3.05) is 47.1 Å². The molecule has 2 rings (SSSR count). The fourth-order valence-corrected chi connectivity index (χ4v) is 3.92. The number of methoxy groups -OCH3 is 2. The molecule has 0 saturated carbocycles. The molecule has 1 heterocycles. The van der Waals surface area contributed by atoms with Crippen LogP contribution in [0, 0.1) is 0 Å². The first kappa shape index (κ1) is 20.9. The van der Waals surface area contributed by atoms with Crippen LogP contribution in [0.4, 0.5) is 0 Å². The molecule has 1 aliphatic rings. The molecule has 1 fully saturated rings. The van der Waals surface area contributed by atoms with Crippen LogP contribution in [-0.2, 0) is 33.8 Å². The Morgan fingerprint density at radius 1 is 1.22 bits per heavy atom. The van der Waals surface area contributed by atoms with Crippen molar-refractivity contribution < 1.29 is 37.0 Å². The predicted molar refractivity (Wildman–Crippen MR) is 94.6 cm³/mol. The summed E-state index contributed by atoms with van der Waals surface area (Å²) in [5.41, 5.74) is 0.456. The van der Waals surface area contributed by atoms with E-state index in [0.29, 0.717) is 18.8 Å². The second-order valence-electron chi connectivity index (χ2n) is 5.44. The highest BCUT2D eigenvalue weighted by atomic mass is 32.2. The van der Waals surface area contributed by atoms with Crippen molar-refractivity contribution in [1.82, 2.24) is 4.31 Å². The summed E-state index contributed by atoms with van der Waals surface area (Å²) >= 11 is 0. The average Bonchev–Trinajstić information content (AvgIpc) is 2.70. The Hall–Kier alpha value is -2.43. The number of nitrogens with zero attached hydrogens (tertiary/aromatic N) is 1. The van der Waals surface area contributed by atoms with Gasteiger partial charge in [0.15, 0.2) is 6.61 Å². The lowest BCUT2D eigenvalue weighted by Gasteiger charge is -2.26. The van der Waals surface area contributed by atoms with Crippen molar-refractivity contribution in [3.8, 4) is 5.75 Å². The van der Waals surface area contributed by atoms with Crippen molar-refractivity contribution in [3.63, 3.8) is 0 Å². The summed E-state index contributed by atoms with van der Waals surface area (Å²) in [6.07, 6.45) is 2.48. The van der Waals surface area contributed by atoms with E-state index in [-0.39, 0.29) is 23.7 Å². The molecule has 0 radical (unpaired) electrons. The van der Waals surface area contributed by atoms with Crippen molar-refractivity contribution in [1.29, 1.82) is 0 Å². The zero-order valence-corrected chi connectivity index (χ0v) is 15.9. The van der Waals surface area contributed by atoms with Crippen molar-refractivity contribution in [3.05, 3.63) is 29.8 Å². The monoisotopic (exact) mass is 399 g/mol. The number of rotatable bonds is 7. The van der Waals surface area contributed by atoms with E-state index >= 15 is 0 Å². The molecule has 0 bridgehead atoms. The Balaban J connectivity index is 2.20. The van der Waals surface area contributed by atoms with Crippen molar-refractivity contribution >= 4 is 28.0 Å². The third-order valence-corrected chi connectivity index (χ3v) is 5.67. The fraction of sp³-hybridized carbons (Fsp3) is 0.412. The van der Waals surface area contributed by atoms with Gasteiger partial charge in [-0.05, 0) is 23.8 Å². The summed E-state index contributed by atoms with van der Waals surface area (Å²) < 4.78 is 46.5. The van der Waals surface area contributed by atoms with E-state index in [1.807, 2.05) is 0 Å². The molecule has 1 aromatic rings. The topological polar surface area (TPSA) is 108 Å². The molecule has 0 unspecified atom stereocenters. The quantitative estimate of drug-likeness (QED) is 0.480. The van der Waals surface area contributed by atoms with Crippen LogP contribution in [0.3, 0.4) is 0 Å². The number of carbonyl (C=O) groups excluding carboxylic acids is 2. The molecule has 0 aliphatic carbocycles. The van der Waals surface area contributed by atoms with Gasteiger partial charge in [-0.25, -0.2) is 18.0 Å². The Morgan fingerprint density at radius 2 is 1.93 bits per heavy atom. The molecule has 27 heavy (non-hydrogen) atoms. The molecule has 0 N–H and O–H groups in total. The van der Waals surface area contributed by atoms with Crippen molar-refractivity contribution in [2.24, 2.45) is 0 Å². The first-order valence-electron chi connectivity index (χ1n) is 8.06. The second kappa shape index (κ2) is 9.49. The lowest BCUT2D eigenvalue weighted by Crippen LogP contribution is -2.40. The van der Waals surface area contributed by atoms with Gasteiger partial charge < -0.3 is 18.9 Å². The Labute approximate surface area is 157 Å². The molecular weight excluding hydrogens is 378 g/mol. The minimum absolute atomic E-state index is 0.00280. The van der Waals surface area contributed by atoms with Gasteiger partial charge in [0.1, 0.15) is 10.6 Å². The maximum absolute atomic E-state index is 12.9. The Bertz CT molecular complexity index is 812. The SMILES string of the molecule is COC(=O)COC(=O)/C=C\c1ccc(OC)c(S(=O)(=O)N2CCOCC2)c1. The molecule has 1 aromatic carbocycles. The number of benzene rings is 1. The lowest BCUT2D eigenvalue weighted by atomic mass is 10.2. The highest BCUT2D eigenvalue weighted by molar-refractivity contribution is 7.89. The van der Waals surface area contributed by atoms with E-state index in [1.54, 1.807) is 6.07 Å². The number of carbonyl (C=O) groups is 2. The van der Waals surface area contributed by atoms with Gasteiger partial charge in [-0.2, -0.15) is 4.31 Å². The van der Waals surface area contributed by atoms with E-state index < -0.39 is 28.6 Å². The van der Waals surface area contributed by atoms with Gasteiger partial charge in [0.2, 0.25) is 10.0 Å². The minimum atomic E-state index is -3.77. The van der Waals surface area contributed by atoms with Gasteiger partial charge in [-0.3, -0.25) is 0 Å². The summed E-state index contributed by atoms with van der Waals surface area (Å²) in [4.78, 5) is 22.6. The van der Waals surface area contributed by atoms with Crippen LogP contribution in [0.2, 0.25) is 0 Å². The van der Waals surface area contributed by atoms with Crippen LogP contribution in [0.15, 0.2) is 29.2 Å². The number of hydrogen-bond acceptors (Lipinski definition) is 8. The van der Waals surface area contributed by atoms with Crippen molar-refractivity contribution in [2.45, 2.75) is 4.90 Å². The maximum atomic E-state index is 12.9. The third kappa shape index (κ3) is 5.52. The molecule has 0 aromatic heterocycles. The number of sulfonamides is 1. The molecule has 9 nitrogen and oxygen atoms in total. The van der Waals surface area contributed by atoms with Crippen LogP contribution in [0.5, 0.6) is 5.75 Å². The van der Waals surface area contributed by atoms with Crippen LogP contribution < -0.4 is 4.74 Å². The summed E-state index contributed by atoms with van der Waals surface area (Å²) in [5, 5.41) is 0. The highest BCUT2D eigenvalue weighted by Crippen LogP contribution is 2.28. The average molecular weight is 399 g/mol. The smallest absolute Gasteiger partial charge is 0.344 e. The predicted octanol–water partition coefficient (Wildman–Crippen LogP) is 0.446. The lowest BCUT2D eigenvalue weighted by molar-refractivity contribution is -0.154. The van der Waals surface area contributed by atoms with Crippen LogP contribution in [0.25, 0.3) is 6.08 Å². The molecule has 10 heteroatoms. The van der Waals surface area contributed by atoms with E-state index in [9.17, 15) is 18.0 Å². The number of esters is 2. The van der Waals surface area contributed by atoms with Gasteiger partial charge in [0.05, 0.1) is 27.4 Å². The Morgan fingerprint density at radius 3 is 2.56 bits per heavy atom. The first-order chi connectivity index (χ1) is 12.9. The summed E-state index contributed by atoms with van der Waals surface area (Å²) in [5.74, 6) is -1.24. The summed E-state index contributed by atoms with van der Waals surface area (Å²) in [6, 6.07) is 4.52. The molecule has 148 valence electrons. The van der Waals surface area contributed by atoms with Gasteiger partial charge in [0.25, 0.3) is 0 Å². The van der Waals surface area contributed by atoms with Crippen LogP contribution in [-0.4, -0.2) is 71.8 Å². The number of morpholine rings is 1. The molecule has 0 atom stereocenters. The van der Waals surface area contributed by atoms with Crippen LogP contribution >= 0.6 is 0 Å². The Kier molecular flexibility index (Phi) is 7.34. The second-order valence-corrected chi connectivity index (χ2v) is 7.35. The van der Waals surface area contributed by atoms with Gasteiger partial charge >= 0.3 is 11.9 Å². The largest absolute Gasteiger partial charge is 0.495 e. The zero-order chi connectivity index (χ0) is 19.9. The summed E-state index contributed by atoms with van der Waals surface area (Å²) in [7, 11) is -1.21. The van der Waals surface area contributed by atoms with Crippen LogP contribution in [0.1, 0.15) is 5.56 Å². The number of ether oxygens (including phenoxy) is 4. The highest BCUT2D eigenvalue weighted by Gasteiger charge is 2.29. The molecule has 1 saturated heterocycles. The first-order valence-corrected chi connectivity index (χ1v) is 9.50. The van der Waals surface area contributed by atoms with E-state index in [4.69, 9.17) is 9.47 Å². The molecule has 0 spiro atoms. The van der Waals surface area contributed by atoms with Gasteiger partial charge in [-0.15, -0.1) is 0 Å². The van der Waals surface area contributed by atoms with E-state index in [1.165, 1.54) is 36.7 Å². The van der Waals surface area contributed by atoms with Gasteiger partial charge in [0, 0.05) is 19.2 Å².